The first-order valence-corrected chi connectivity index (χ1v) is 5.83. The molecule has 2 rings (SSSR count). The van der Waals surface area contributed by atoms with E-state index in [1.165, 1.54) is 0 Å². The summed E-state index contributed by atoms with van der Waals surface area (Å²) in [5.41, 5.74) is 0.801. The number of aliphatic hydroxyl groups is 1. The average molecular weight is 238 g/mol. The Balaban J connectivity index is 1.90. The number of hydrogen-bond acceptors (Lipinski definition) is 4. The fraction of sp³-hybridized carbons (Fsp3) is 0.538. The van der Waals surface area contributed by atoms with Gasteiger partial charge in [-0.05, 0) is 12.5 Å². The number of methoxy groups -OCH3 is 1. The summed E-state index contributed by atoms with van der Waals surface area (Å²) in [6.45, 7) is 1.63. The van der Waals surface area contributed by atoms with E-state index in [0.29, 0.717) is 19.8 Å². The van der Waals surface area contributed by atoms with Gasteiger partial charge in [0.2, 0.25) is 0 Å². The zero-order valence-electron chi connectivity index (χ0n) is 9.96. The molecule has 1 aromatic rings. The van der Waals surface area contributed by atoms with Crippen LogP contribution in [0.2, 0.25) is 0 Å². The molecule has 0 fully saturated rings. The van der Waals surface area contributed by atoms with Crippen molar-refractivity contribution in [2.24, 2.45) is 0 Å². The molecule has 1 aliphatic heterocycles. The van der Waals surface area contributed by atoms with Gasteiger partial charge in [0.15, 0.2) is 0 Å². The van der Waals surface area contributed by atoms with E-state index in [2.05, 4.69) is 0 Å². The fourth-order valence-corrected chi connectivity index (χ4v) is 1.90. The van der Waals surface area contributed by atoms with Crippen LogP contribution in [0, 0.1) is 0 Å². The van der Waals surface area contributed by atoms with E-state index < -0.39 is 6.10 Å². The second-order valence-electron chi connectivity index (χ2n) is 4.05. The van der Waals surface area contributed by atoms with Gasteiger partial charge >= 0.3 is 0 Å². The highest BCUT2D eigenvalue weighted by molar-refractivity contribution is 5.37. The molecule has 1 aromatic carbocycles. The van der Waals surface area contributed by atoms with E-state index in [-0.39, 0.29) is 6.10 Å². The van der Waals surface area contributed by atoms with Crippen LogP contribution < -0.4 is 4.74 Å². The van der Waals surface area contributed by atoms with Crippen molar-refractivity contribution >= 4 is 0 Å². The Kier molecular flexibility index (Phi) is 4.36. The molecule has 1 heterocycles. The molecule has 4 nitrogen and oxygen atoms in total. The van der Waals surface area contributed by atoms with Gasteiger partial charge in [-0.3, -0.25) is 0 Å². The molecule has 4 heteroatoms. The van der Waals surface area contributed by atoms with Crippen LogP contribution in [-0.4, -0.2) is 38.1 Å². The standard InChI is InChI=1S/C13H18O4/c1-15-7-4-8-16-12-9-17-11-6-3-2-5-10(11)13(12)14/h2-3,5-6,12-14H,4,7-9H2,1H3. The van der Waals surface area contributed by atoms with Crippen molar-refractivity contribution in [2.75, 3.05) is 26.9 Å². The first kappa shape index (κ1) is 12.4. The topological polar surface area (TPSA) is 47.9 Å². The second kappa shape index (κ2) is 6.00. The lowest BCUT2D eigenvalue weighted by Crippen LogP contribution is -2.33. The summed E-state index contributed by atoms with van der Waals surface area (Å²) in [5, 5.41) is 10.1. The van der Waals surface area contributed by atoms with Crippen molar-refractivity contribution in [1.29, 1.82) is 0 Å². The summed E-state index contributed by atoms with van der Waals surface area (Å²) < 4.78 is 16.1. The maximum absolute atomic E-state index is 10.1. The zero-order chi connectivity index (χ0) is 12.1. The molecular formula is C13H18O4. The molecule has 0 saturated heterocycles. The van der Waals surface area contributed by atoms with Gasteiger partial charge in [0.05, 0.1) is 0 Å². The molecular weight excluding hydrogens is 220 g/mol. The van der Waals surface area contributed by atoms with Crippen LogP contribution in [0.1, 0.15) is 18.1 Å². The SMILES string of the molecule is COCCCOC1COc2ccccc2C1O. The summed E-state index contributed by atoms with van der Waals surface area (Å²) in [6.07, 6.45) is -0.0780. The van der Waals surface area contributed by atoms with Crippen LogP contribution in [0.4, 0.5) is 0 Å². The molecule has 0 aromatic heterocycles. The van der Waals surface area contributed by atoms with Gasteiger partial charge in [-0.25, -0.2) is 0 Å². The molecule has 1 N–H and O–H groups in total. The minimum atomic E-state index is -0.609. The number of rotatable bonds is 5. The molecule has 0 saturated carbocycles. The quantitative estimate of drug-likeness (QED) is 0.790. The molecule has 0 spiro atoms. The van der Waals surface area contributed by atoms with Crippen molar-refractivity contribution in [3.8, 4) is 5.75 Å². The number of aliphatic hydroxyl groups excluding tert-OH is 1. The zero-order valence-corrected chi connectivity index (χ0v) is 9.96. The molecule has 17 heavy (non-hydrogen) atoms. The van der Waals surface area contributed by atoms with Crippen molar-refractivity contribution in [3.63, 3.8) is 0 Å². The summed E-state index contributed by atoms with van der Waals surface area (Å²) in [7, 11) is 1.66. The molecule has 1 aliphatic rings. The van der Waals surface area contributed by atoms with Crippen molar-refractivity contribution in [3.05, 3.63) is 29.8 Å². The van der Waals surface area contributed by atoms with Crippen molar-refractivity contribution in [2.45, 2.75) is 18.6 Å². The Hall–Kier alpha value is -1.10. The average Bonchev–Trinajstić information content (AvgIpc) is 2.37. The maximum atomic E-state index is 10.1. The monoisotopic (exact) mass is 238 g/mol. The van der Waals surface area contributed by atoms with E-state index in [0.717, 1.165) is 17.7 Å². The third-order valence-electron chi connectivity index (χ3n) is 2.82. The largest absolute Gasteiger partial charge is 0.490 e. The summed E-state index contributed by atoms with van der Waals surface area (Å²) in [6, 6.07) is 7.51. The van der Waals surface area contributed by atoms with Crippen molar-refractivity contribution in [1.82, 2.24) is 0 Å². The molecule has 2 atom stereocenters. The first-order chi connectivity index (χ1) is 8.33. The highest BCUT2D eigenvalue weighted by atomic mass is 16.5. The fourth-order valence-electron chi connectivity index (χ4n) is 1.90. The number of benzene rings is 1. The normalized spacial score (nSPS) is 22.9. The van der Waals surface area contributed by atoms with Gasteiger partial charge in [-0.15, -0.1) is 0 Å². The van der Waals surface area contributed by atoms with Crippen LogP contribution in [0.15, 0.2) is 24.3 Å². The molecule has 0 amide bonds. The van der Waals surface area contributed by atoms with Crippen LogP contribution >= 0.6 is 0 Å². The smallest absolute Gasteiger partial charge is 0.125 e. The molecule has 0 aliphatic carbocycles. The second-order valence-corrected chi connectivity index (χ2v) is 4.05. The molecule has 0 radical (unpaired) electrons. The lowest BCUT2D eigenvalue weighted by atomic mass is 10.0. The predicted molar refractivity (Wildman–Crippen MR) is 63.1 cm³/mol. The van der Waals surface area contributed by atoms with Crippen LogP contribution in [-0.2, 0) is 9.47 Å². The Morgan fingerprint density at radius 3 is 3.00 bits per heavy atom. The van der Waals surface area contributed by atoms with E-state index in [1.807, 2.05) is 24.3 Å². The van der Waals surface area contributed by atoms with E-state index in [9.17, 15) is 5.11 Å². The number of hydrogen-bond donors (Lipinski definition) is 1. The van der Waals surface area contributed by atoms with Crippen LogP contribution in [0.25, 0.3) is 0 Å². The molecule has 0 bridgehead atoms. The molecule has 2 unspecified atom stereocenters. The van der Waals surface area contributed by atoms with E-state index in [1.54, 1.807) is 7.11 Å². The van der Waals surface area contributed by atoms with Crippen LogP contribution in [0.5, 0.6) is 5.75 Å². The van der Waals surface area contributed by atoms with E-state index in [4.69, 9.17) is 14.2 Å². The van der Waals surface area contributed by atoms with Gasteiger partial charge in [-0.2, -0.15) is 0 Å². The van der Waals surface area contributed by atoms with Gasteiger partial charge in [0.1, 0.15) is 24.6 Å². The summed E-state index contributed by atoms with van der Waals surface area (Å²) in [4.78, 5) is 0. The third kappa shape index (κ3) is 2.97. The Bertz CT molecular complexity index is 353. The third-order valence-corrected chi connectivity index (χ3v) is 2.82. The minimum absolute atomic E-state index is 0.290. The van der Waals surface area contributed by atoms with Gasteiger partial charge in [0, 0.05) is 25.9 Å². The summed E-state index contributed by atoms with van der Waals surface area (Å²) >= 11 is 0. The van der Waals surface area contributed by atoms with E-state index >= 15 is 0 Å². The Morgan fingerprint density at radius 2 is 2.18 bits per heavy atom. The highest BCUT2D eigenvalue weighted by Crippen LogP contribution is 2.32. The highest BCUT2D eigenvalue weighted by Gasteiger charge is 2.29. The van der Waals surface area contributed by atoms with Gasteiger partial charge in [0.25, 0.3) is 0 Å². The van der Waals surface area contributed by atoms with Crippen LogP contribution in [0.3, 0.4) is 0 Å². The summed E-state index contributed by atoms with van der Waals surface area (Å²) in [5.74, 6) is 0.747. The first-order valence-electron chi connectivity index (χ1n) is 5.83. The Labute approximate surface area is 101 Å². The molecule has 94 valence electrons. The lowest BCUT2D eigenvalue weighted by molar-refractivity contribution is -0.0751. The Morgan fingerprint density at radius 1 is 1.35 bits per heavy atom. The number of para-hydroxylation sites is 1. The van der Waals surface area contributed by atoms with Gasteiger partial charge in [-0.1, -0.05) is 18.2 Å². The number of ether oxygens (including phenoxy) is 3. The van der Waals surface area contributed by atoms with Gasteiger partial charge < -0.3 is 19.3 Å². The van der Waals surface area contributed by atoms with Crippen molar-refractivity contribution < 1.29 is 19.3 Å². The lowest BCUT2D eigenvalue weighted by Gasteiger charge is -2.30. The maximum Gasteiger partial charge on any atom is 0.125 e. The predicted octanol–water partition coefficient (Wildman–Crippen LogP) is 1.53. The number of fused-ring (bicyclic) bond motifs is 1. The minimum Gasteiger partial charge on any atom is -0.490 e.